The predicted molar refractivity (Wildman–Crippen MR) is 103 cm³/mol. The van der Waals surface area contributed by atoms with Crippen LogP contribution in [0.3, 0.4) is 0 Å². The molecule has 0 bridgehead atoms. The minimum absolute atomic E-state index is 0.485. The summed E-state index contributed by atoms with van der Waals surface area (Å²) in [7, 11) is 0. The molecule has 0 N–H and O–H groups in total. The summed E-state index contributed by atoms with van der Waals surface area (Å²) < 4.78 is 0. The van der Waals surface area contributed by atoms with E-state index in [1.54, 1.807) is 0 Å². The van der Waals surface area contributed by atoms with Crippen molar-refractivity contribution in [3.63, 3.8) is 0 Å². The highest BCUT2D eigenvalue weighted by atomic mass is 14.3. The van der Waals surface area contributed by atoms with Gasteiger partial charge in [-0.2, -0.15) is 0 Å². The molecule has 0 fully saturated rings. The van der Waals surface area contributed by atoms with E-state index < -0.39 is 0 Å². The third kappa shape index (κ3) is 2.78. The molecule has 0 saturated heterocycles. The molecule has 24 heavy (non-hydrogen) atoms. The average Bonchev–Trinajstić information content (AvgIpc) is 3.23. The van der Waals surface area contributed by atoms with Gasteiger partial charge in [-0.1, -0.05) is 79.0 Å². The summed E-state index contributed by atoms with van der Waals surface area (Å²) >= 11 is 0. The van der Waals surface area contributed by atoms with Gasteiger partial charge < -0.3 is 0 Å². The largest absolute Gasteiger partial charge is 0.103 e. The van der Waals surface area contributed by atoms with Crippen molar-refractivity contribution < 1.29 is 0 Å². The Morgan fingerprint density at radius 1 is 0.833 bits per heavy atom. The molecule has 0 aromatic carbocycles. The second kappa shape index (κ2) is 6.65. The van der Waals surface area contributed by atoms with Crippen LogP contribution in [0.1, 0.15) is 19.3 Å². The van der Waals surface area contributed by atoms with E-state index in [9.17, 15) is 0 Å². The van der Waals surface area contributed by atoms with Gasteiger partial charge >= 0.3 is 0 Å². The molecule has 0 heteroatoms. The SMILES string of the molecule is C=CCCC(CC1=C2C=CC=CC2C=C1)C1=C2C=CC=CC2C=C1. The summed E-state index contributed by atoms with van der Waals surface area (Å²) in [6.45, 7) is 3.93. The van der Waals surface area contributed by atoms with E-state index in [-0.39, 0.29) is 0 Å². The minimum Gasteiger partial charge on any atom is -0.103 e. The fourth-order valence-electron chi connectivity index (χ4n) is 4.19. The van der Waals surface area contributed by atoms with Crippen LogP contribution in [0, 0.1) is 17.8 Å². The highest BCUT2D eigenvalue weighted by molar-refractivity contribution is 5.52. The van der Waals surface area contributed by atoms with Crippen molar-refractivity contribution in [2.75, 3.05) is 0 Å². The van der Waals surface area contributed by atoms with E-state index in [1.807, 2.05) is 0 Å². The fraction of sp³-hybridized carbons (Fsp3) is 0.250. The smallest absolute Gasteiger partial charge is 0.0207 e. The monoisotopic (exact) mass is 312 g/mol. The molecule has 0 radical (unpaired) electrons. The molecule has 4 aliphatic carbocycles. The van der Waals surface area contributed by atoms with Gasteiger partial charge in [-0.15, -0.1) is 6.58 Å². The second-order valence-electron chi connectivity index (χ2n) is 6.92. The minimum atomic E-state index is 0.485. The topological polar surface area (TPSA) is 0 Å². The van der Waals surface area contributed by atoms with Crippen molar-refractivity contribution in [2.24, 2.45) is 17.8 Å². The zero-order chi connectivity index (χ0) is 16.4. The number of hydrogen-bond donors (Lipinski definition) is 0. The van der Waals surface area contributed by atoms with Crippen molar-refractivity contribution in [3.8, 4) is 0 Å². The van der Waals surface area contributed by atoms with Crippen LogP contribution in [0.25, 0.3) is 0 Å². The van der Waals surface area contributed by atoms with Gasteiger partial charge in [0, 0.05) is 11.8 Å². The van der Waals surface area contributed by atoms with E-state index in [0.717, 1.165) is 12.8 Å². The van der Waals surface area contributed by atoms with Gasteiger partial charge in [-0.3, -0.25) is 0 Å². The van der Waals surface area contributed by atoms with E-state index in [2.05, 4.69) is 85.6 Å². The Bertz CT molecular complexity index is 771. The van der Waals surface area contributed by atoms with E-state index in [0.29, 0.717) is 17.8 Å². The van der Waals surface area contributed by atoms with Gasteiger partial charge in [0.15, 0.2) is 0 Å². The first-order chi connectivity index (χ1) is 11.9. The van der Waals surface area contributed by atoms with Crippen LogP contribution in [0.4, 0.5) is 0 Å². The molecule has 4 aliphatic rings. The Hall–Kier alpha value is -2.34. The van der Waals surface area contributed by atoms with E-state index in [1.165, 1.54) is 28.7 Å². The van der Waals surface area contributed by atoms with E-state index >= 15 is 0 Å². The average molecular weight is 312 g/mol. The van der Waals surface area contributed by atoms with Gasteiger partial charge in [-0.05, 0) is 47.5 Å². The lowest BCUT2D eigenvalue weighted by Crippen LogP contribution is -2.08. The lowest BCUT2D eigenvalue weighted by atomic mass is 9.83. The fourth-order valence-corrected chi connectivity index (χ4v) is 4.19. The first-order valence-corrected chi connectivity index (χ1v) is 9.01. The van der Waals surface area contributed by atoms with E-state index in [4.69, 9.17) is 0 Å². The molecule has 0 aromatic heterocycles. The third-order valence-electron chi connectivity index (χ3n) is 5.45. The van der Waals surface area contributed by atoms with Crippen molar-refractivity contribution in [3.05, 3.63) is 108 Å². The maximum atomic E-state index is 3.93. The molecule has 0 aliphatic heterocycles. The summed E-state index contributed by atoms with van der Waals surface area (Å²) in [5.41, 5.74) is 6.02. The molecule has 120 valence electrons. The first-order valence-electron chi connectivity index (χ1n) is 9.01. The van der Waals surface area contributed by atoms with Crippen LogP contribution in [0.2, 0.25) is 0 Å². The maximum absolute atomic E-state index is 3.93. The number of rotatable bonds is 6. The summed E-state index contributed by atoms with van der Waals surface area (Å²) in [6.07, 6.45) is 32.7. The molecule has 3 atom stereocenters. The van der Waals surface area contributed by atoms with Gasteiger partial charge in [0.1, 0.15) is 0 Å². The van der Waals surface area contributed by atoms with Crippen molar-refractivity contribution in [1.29, 1.82) is 0 Å². The van der Waals surface area contributed by atoms with Crippen LogP contribution in [-0.2, 0) is 0 Å². The summed E-state index contributed by atoms with van der Waals surface area (Å²) in [5.74, 6) is 1.55. The maximum Gasteiger partial charge on any atom is 0.0207 e. The molecule has 0 aromatic rings. The lowest BCUT2D eigenvalue weighted by Gasteiger charge is -2.21. The first kappa shape index (κ1) is 15.2. The van der Waals surface area contributed by atoms with Crippen LogP contribution in [-0.4, -0.2) is 0 Å². The van der Waals surface area contributed by atoms with Gasteiger partial charge in [0.05, 0.1) is 0 Å². The molecule has 4 rings (SSSR count). The lowest BCUT2D eigenvalue weighted by molar-refractivity contribution is 0.571. The molecular weight excluding hydrogens is 288 g/mol. The third-order valence-corrected chi connectivity index (χ3v) is 5.45. The predicted octanol–water partition coefficient (Wildman–Crippen LogP) is 6.18. The molecular formula is C24H24. The highest BCUT2D eigenvalue weighted by Gasteiger charge is 2.26. The Balaban J connectivity index is 1.63. The quantitative estimate of drug-likeness (QED) is 0.514. The zero-order valence-corrected chi connectivity index (χ0v) is 14.1. The summed E-state index contributed by atoms with van der Waals surface area (Å²) in [5, 5.41) is 0. The van der Waals surface area contributed by atoms with Crippen LogP contribution >= 0.6 is 0 Å². The molecule has 0 heterocycles. The number of allylic oxidation sites excluding steroid dienone is 17. The zero-order valence-electron chi connectivity index (χ0n) is 14.1. The van der Waals surface area contributed by atoms with Crippen LogP contribution in [0.5, 0.6) is 0 Å². The Kier molecular flexibility index (Phi) is 4.21. The number of hydrogen-bond acceptors (Lipinski definition) is 0. The molecule has 0 spiro atoms. The number of fused-ring (bicyclic) bond motifs is 2. The van der Waals surface area contributed by atoms with Crippen molar-refractivity contribution in [1.82, 2.24) is 0 Å². The van der Waals surface area contributed by atoms with Gasteiger partial charge in [0.25, 0.3) is 0 Å². The highest BCUT2D eigenvalue weighted by Crippen LogP contribution is 2.41. The molecule has 0 amide bonds. The summed E-state index contributed by atoms with van der Waals surface area (Å²) in [6, 6.07) is 0. The Morgan fingerprint density at radius 3 is 2.33 bits per heavy atom. The summed E-state index contributed by atoms with van der Waals surface area (Å²) in [4.78, 5) is 0. The molecule has 0 saturated carbocycles. The molecule has 0 nitrogen and oxygen atoms in total. The van der Waals surface area contributed by atoms with Crippen molar-refractivity contribution in [2.45, 2.75) is 19.3 Å². The normalized spacial score (nSPS) is 27.2. The Morgan fingerprint density at radius 2 is 1.54 bits per heavy atom. The van der Waals surface area contributed by atoms with Crippen molar-refractivity contribution >= 4 is 0 Å². The second-order valence-corrected chi connectivity index (χ2v) is 6.92. The van der Waals surface area contributed by atoms with Crippen LogP contribution < -0.4 is 0 Å². The van der Waals surface area contributed by atoms with Gasteiger partial charge in [0.2, 0.25) is 0 Å². The van der Waals surface area contributed by atoms with Crippen LogP contribution in [0.15, 0.2) is 108 Å². The standard InChI is InChI=1S/C24H24/c1-2-3-8-20(24-16-15-19-10-5-7-12-23(19)24)17-21-14-13-18-9-4-6-11-22(18)21/h2,4-7,9-16,18-20H,1,3,8,17H2. The Labute approximate surface area is 145 Å². The molecule has 3 unspecified atom stereocenters. The van der Waals surface area contributed by atoms with Gasteiger partial charge in [-0.25, -0.2) is 0 Å².